The molecule has 0 radical (unpaired) electrons. The van der Waals surface area contributed by atoms with Gasteiger partial charge >= 0.3 is 0 Å². The molecule has 9 heteroatoms. The van der Waals surface area contributed by atoms with Crippen molar-refractivity contribution >= 4 is 5.91 Å². The molecule has 4 heterocycles. The molecule has 146 valence electrons. The van der Waals surface area contributed by atoms with Crippen LogP contribution in [0.4, 0.5) is 0 Å². The lowest BCUT2D eigenvalue weighted by Crippen LogP contribution is -2.40. The number of hydrogen-bond donors (Lipinski definition) is 1. The topological polar surface area (TPSA) is 112 Å². The highest BCUT2D eigenvalue weighted by atomic mass is 16.5. The molecule has 28 heavy (non-hydrogen) atoms. The first-order valence-corrected chi connectivity index (χ1v) is 9.46. The third-order valence-electron chi connectivity index (χ3n) is 5.09. The van der Waals surface area contributed by atoms with Crippen molar-refractivity contribution in [2.45, 2.75) is 46.2 Å². The predicted molar refractivity (Wildman–Crippen MR) is 99.8 cm³/mol. The van der Waals surface area contributed by atoms with Crippen LogP contribution in [0, 0.1) is 18.8 Å². The standard InChI is InChI=1S/C19H23N7O2/c1-11(2)16(19-22-17(25-28-19)13-5-4-8-20-9-13)21-18(27)14-6-7-15-24-23-12(3)26(15)10-14/h4-5,8-9,11,14,16H,6-7,10H2,1-3H3,(H,21,27)/t14-,16+/m1/s1. The summed E-state index contributed by atoms with van der Waals surface area (Å²) in [4.78, 5) is 21.5. The summed E-state index contributed by atoms with van der Waals surface area (Å²) < 4.78 is 7.48. The zero-order valence-electron chi connectivity index (χ0n) is 16.2. The third kappa shape index (κ3) is 3.51. The number of nitrogens with one attached hydrogen (secondary N) is 1. The van der Waals surface area contributed by atoms with Gasteiger partial charge in [-0.2, -0.15) is 4.98 Å². The van der Waals surface area contributed by atoms with Gasteiger partial charge in [-0.05, 0) is 31.4 Å². The number of hydrogen-bond acceptors (Lipinski definition) is 7. The fraction of sp³-hybridized carbons (Fsp3) is 0.474. The Labute approximate surface area is 162 Å². The first kappa shape index (κ1) is 18.3. The molecule has 0 spiro atoms. The van der Waals surface area contributed by atoms with Gasteiger partial charge in [0, 0.05) is 30.9 Å². The van der Waals surface area contributed by atoms with Gasteiger partial charge in [-0.25, -0.2) is 0 Å². The Kier molecular flexibility index (Phi) is 4.89. The Morgan fingerprint density at radius 1 is 1.36 bits per heavy atom. The van der Waals surface area contributed by atoms with Crippen molar-refractivity contribution in [2.75, 3.05) is 0 Å². The molecule has 1 aliphatic heterocycles. The second kappa shape index (κ2) is 7.49. The highest BCUT2D eigenvalue weighted by molar-refractivity contribution is 5.79. The smallest absolute Gasteiger partial charge is 0.249 e. The van der Waals surface area contributed by atoms with Crippen LogP contribution >= 0.6 is 0 Å². The maximum absolute atomic E-state index is 12.9. The highest BCUT2D eigenvalue weighted by Gasteiger charge is 2.31. The Balaban J connectivity index is 1.49. The van der Waals surface area contributed by atoms with Crippen molar-refractivity contribution in [3.63, 3.8) is 0 Å². The lowest BCUT2D eigenvalue weighted by molar-refractivity contribution is -0.127. The summed E-state index contributed by atoms with van der Waals surface area (Å²) in [5.41, 5.74) is 0.772. The van der Waals surface area contributed by atoms with E-state index in [4.69, 9.17) is 4.52 Å². The summed E-state index contributed by atoms with van der Waals surface area (Å²) in [5, 5.41) is 15.4. The average Bonchev–Trinajstić information content (AvgIpc) is 3.33. The summed E-state index contributed by atoms with van der Waals surface area (Å²) >= 11 is 0. The van der Waals surface area contributed by atoms with E-state index in [-0.39, 0.29) is 23.8 Å². The number of nitrogens with zero attached hydrogens (tertiary/aromatic N) is 6. The second-order valence-electron chi connectivity index (χ2n) is 7.44. The van der Waals surface area contributed by atoms with Crippen LogP contribution in [0.5, 0.6) is 0 Å². The van der Waals surface area contributed by atoms with Crippen molar-refractivity contribution in [1.29, 1.82) is 0 Å². The van der Waals surface area contributed by atoms with E-state index in [1.54, 1.807) is 12.4 Å². The fourth-order valence-electron chi connectivity index (χ4n) is 3.43. The number of carbonyl (C=O) groups excluding carboxylic acids is 1. The van der Waals surface area contributed by atoms with E-state index in [0.29, 0.717) is 18.3 Å². The minimum Gasteiger partial charge on any atom is -0.344 e. The molecule has 1 N–H and O–H groups in total. The number of pyridine rings is 1. The molecule has 0 saturated heterocycles. The number of fused-ring (bicyclic) bond motifs is 1. The van der Waals surface area contributed by atoms with Crippen molar-refractivity contribution in [2.24, 2.45) is 11.8 Å². The molecule has 0 fully saturated rings. The van der Waals surface area contributed by atoms with Crippen LogP contribution in [0.3, 0.4) is 0 Å². The summed E-state index contributed by atoms with van der Waals surface area (Å²) in [6.45, 7) is 6.53. The molecule has 0 saturated carbocycles. The van der Waals surface area contributed by atoms with Crippen LogP contribution in [0.1, 0.15) is 43.8 Å². The predicted octanol–water partition coefficient (Wildman–Crippen LogP) is 2.11. The van der Waals surface area contributed by atoms with Crippen LogP contribution in [0.2, 0.25) is 0 Å². The van der Waals surface area contributed by atoms with Crippen molar-refractivity contribution < 1.29 is 9.32 Å². The Morgan fingerprint density at radius 3 is 2.96 bits per heavy atom. The SMILES string of the molecule is Cc1nnc2n1C[C@H](C(=O)N[C@H](c1nc(-c3cccnc3)no1)C(C)C)CC2. The molecule has 3 aromatic heterocycles. The van der Waals surface area contributed by atoms with Gasteiger partial charge in [-0.3, -0.25) is 9.78 Å². The van der Waals surface area contributed by atoms with Crippen LogP contribution in [0.15, 0.2) is 29.0 Å². The number of amides is 1. The molecule has 1 amide bonds. The normalized spacial score (nSPS) is 17.4. The minimum absolute atomic E-state index is 0.0152. The van der Waals surface area contributed by atoms with Gasteiger partial charge in [-0.1, -0.05) is 19.0 Å². The molecule has 4 rings (SSSR count). The van der Waals surface area contributed by atoms with Crippen LogP contribution in [0.25, 0.3) is 11.4 Å². The number of aryl methyl sites for hydroxylation is 2. The van der Waals surface area contributed by atoms with Crippen molar-refractivity contribution in [1.82, 2.24) is 35.2 Å². The van der Waals surface area contributed by atoms with E-state index in [2.05, 4.69) is 30.6 Å². The van der Waals surface area contributed by atoms with Gasteiger partial charge in [0.25, 0.3) is 0 Å². The Morgan fingerprint density at radius 2 is 2.21 bits per heavy atom. The maximum Gasteiger partial charge on any atom is 0.249 e. The molecular formula is C19H23N7O2. The zero-order chi connectivity index (χ0) is 19.7. The summed E-state index contributed by atoms with van der Waals surface area (Å²) in [7, 11) is 0. The highest BCUT2D eigenvalue weighted by Crippen LogP contribution is 2.26. The minimum atomic E-state index is -0.353. The quantitative estimate of drug-likeness (QED) is 0.720. The van der Waals surface area contributed by atoms with E-state index >= 15 is 0 Å². The van der Waals surface area contributed by atoms with Gasteiger partial charge in [0.15, 0.2) is 0 Å². The van der Waals surface area contributed by atoms with E-state index in [0.717, 1.165) is 30.1 Å². The summed E-state index contributed by atoms with van der Waals surface area (Å²) in [6, 6.07) is 3.33. The average molecular weight is 381 g/mol. The zero-order valence-corrected chi connectivity index (χ0v) is 16.2. The first-order valence-electron chi connectivity index (χ1n) is 9.46. The van der Waals surface area contributed by atoms with Gasteiger partial charge in [0.1, 0.15) is 17.7 Å². The van der Waals surface area contributed by atoms with Gasteiger partial charge in [-0.15, -0.1) is 10.2 Å². The van der Waals surface area contributed by atoms with E-state index in [1.165, 1.54) is 0 Å². The lowest BCUT2D eigenvalue weighted by Gasteiger charge is -2.26. The Hall–Kier alpha value is -3.10. The van der Waals surface area contributed by atoms with Gasteiger partial charge in [0.2, 0.25) is 17.6 Å². The second-order valence-corrected chi connectivity index (χ2v) is 7.44. The lowest BCUT2D eigenvalue weighted by atomic mass is 9.96. The van der Waals surface area contributed by atoms with Crippen LogP contribution in [-0.4, -0.2) is 35.8 Å². The molecule has 1 aliphatic rings. The van der Waals surface area contributed by atoms with E-state index in [9.17, 15) is 4.79 Å². The molecule has 0 aromatic carbocycles. The molecule has 9 nitrogen and oxygen atoms in total. The number of rotatable bonds is 5. The van der Waals surface area contributed by atoms with Gasteiger partial charge < -0.3 is 14.4 Å². The van der Waals surface area contributed by atoms with E-state index in [1.807, 2.05) is 37.5 Å². The van der Waals surface area contributed by atoms with E-state index < -0.39 is 0 Å². The summed E-state index contributed by atoms with van der Waals surface area (Å²) in [6.07, 6.45) is 4.87. The largest absolute Gasteiger partial charge is 0.344 e. The van der Waals surface area contributed by atoms with Crippen LogP contribution in [-0.2, 0) is 17.8 Å². The molecule has 0 unspecified atom stereocenters. The fourth-order valence-corrected chi connectivity index (χ4v) is 3.43. The summed E-state index contributed by atoms with van der Waals surface area (Å²) in [5.74, 6) is 2.60. The molecule has 0 bridgehead atoms. The van der Waals surface area contributed by atoms with Crippen molar-refractivity contribution in [3.8, 4) is 11.4 Å². The number of carbonyl (C=O) groups is 1. The third-order valence-corrected chi connectivity index (χ3v) is 5.09. The monoisotopic (exact) mass is 381 g/mol. The molecule has 2 atom stereocenters. The molecule has 0 aliphatic carbocycles. The Bertz CT molecular complexity index is 964. The van der Waals surface area contributed by atoms with Crippen LogP contribution < -0.4 is 5.32 Å². The maximum atomic E-state index is 12.9. The molecular weight excluding hydrogens is 358 g/mol. The van der Waals surface area contributed by atoms with Gasteiger partial charge in [0.05, 0.1) is 5.92 Å². The van der Waals surface area contributed by atoms with Crippen molar-refractivity contribution in [3.05, 3.63) is 42.1 Å². The first-order chi connectivity index (χ1) is 13.5. The molecule has 3 aromatic rings. The number of aromatic nitrogens is 6.